The first-order valence-corrected chi connectivity index (χ1v) is 13.3. The van der Waals surface area contributed by atoms with Gasteiger partial charge >= 0.3 is 6.09 Å². The first kappa shape index (κ1) is 26.0. The van der Waals surface area contributed by atoms with E-state index >= 15 is 0 Å². The number of carboxylic acid groups (broad SMARTS) is 1. The van der Waals surface area contributed by atoms with Crippen LogP contribution < -0.4 is 9.54 Å². The number of sulfonamides is 1. The summed E-state index contributed by atoms with van der Waals surface area (Å²) in [4.78, 5) is 11.8. The second kappa shape index (κ2) is 10.5. The van der Waals surface area contributed by atoms with E-state index in [1.165, 1.54) is 22.8 Å². The van der Waals surface area contributed by atoms with Crippen LogP contribution in [0.2, 0.25) is 5.02 Å². The Bertz CT molecular complexity index is 1440. The summed E-state index contributed by atoms with van der Waals surface area (Å²) >= 11 is 6.76. The molecule has 2 aromatic carbocycles. The van der Waals surface area contributed by atoms with Crippen molar-refractivity contribution in [3.63, 3.8) is 0 Å². The van der Waals surface area contributed by atoms with Crippen molar-refractivity contribution in [3.05, 3.63) is 69.7 Å². The molecule has 3 aromatic rings. The van der Waals surface area contributed by atoms with Crippen LogP contribution in [0.5, 0.6) is 5.75 Å². The normalized spacial score (nSPS) is 18.9. The molecule has 1 aliphatic rings. The SMILES string of the molecule is Cn1cnsc1=NS(=O)(=O)c1cc(F)c(OCC2CN(C(=O)O)CCC2c2ccc(Cl)cc2)cc1F. The molecule has 9 nitrogen and oxygen atoms in total. The first-order chi connectivity index (χ1) is 17.0. The van der Waals surface area contributed by atoms with Crippen molar-refractivity contribution in [2.24, 2.45) is 17.4 Å². The maximum atomic E-state index is 14.8. The number of halogens is 3. The van der Waals surface area contributed by atoms with E-state index in [-0.39, 0.29) is 29.8 Å². The molecule has 14 heteroatoms. The van der Waals surface area contributed by atoms with E-state index in [0.29, 0.717) is 30.1 Å². The Morgan fingerprint density at radius 2 is 2.00 bits per heavy atom. The highest BCUT2D eigenvalue weighted by Gasteiger charge is 2.33. The van der Waals surface area contributed by atoms with Crippen LogP contribution in [0.3, 0.4) is 0 Å². The van der Waals surface area contributed by atoms with Crippen LogP contribution in [0.25, 0.3) is 0 Å². The lowest BCUT2D eigenvalue weighted by atomic mass is 9.81. The van der Waals surface area contributed by atoms with E-state index in [1.807, 2.05) is 12.1 Å². The number of rotatable bonds is 6. The number of nitrogens with zero attached hydrogens (tertiary/aromatic N) is 4. The van der Waals surface area contributed by atoms with Crippen molar-refractivity contribution in [3.8, 4) is 5.75 Å². The van der Waals surface area contributed by atoms with Gasteiger partial charge in [0.15, 0.2) is 11.6 Å². The molecule has 2 atom stereocenters. The Hall–Kier alpha value is -3.03. The highest BCUT2D eigenvalue weighted by atomic mass is 35.5. The van der Waals surface area contributed by atoms with Crippen molar-refractivity contribution in [1.82, 2.24) is 13.8 Å². The lowest BCUT2D eigenvalue weighted by molar-refractivity contribution is 0.0927. The zero-order valence-electron chi connectivity index (χ0n) is 18.8. The fourth-order valence-electron chi connectivity index (χ4n) is 4.03. The summed E-state index contributed by atoms with van der Waals surface area (Å²) < 4.78 is 68.9. The Morgan fingerprint density at radius 1 is 1.28 bits per heavy atom. The summed E-state index contributed by atoms with van der Waals surface area (Å²) in [5.74, 6) is -3.29. The molecular weight excluding hydrogens is 538 g/mol. The van der Waals surface area contributed by atoms with E-state index in [1.54, 1.807) is 12.1 Å². The standard InChI is InChI=1S/C22H21ClF2N4O5S2/c1-28-12-26-35-21(28)27-36(32,33)20-9-17(24)19(8-18(20)25)34-11-14-10-29(22(30)31)7-6-16(14)13-2-4-15(23)5-3-13/h2-5,8-9,12,14,16H,6-7,10-11H2,1H3,(H,30,31). The number of hydrogen-bond acceptors (Lipinski definition) is 6. The quantitative estimate of drug-likeness (QED) is 0.491. The molecule has 1 fully saturated rings. The summed E-state index contributed by atoms with van der Waals surface area (Å²) in [6.07, 6.45) is 0.757. The number of aromatic nitrogens is 2. The molecule has 1 saturated heterocycles. The van der Waals surface area contributed by atoms with Crippen molar-refractivity contribution >= 4 is 39.2 Å². The summed E-state index contributed by atoms with van der Waals surface area (Å²) in [5.41, 5.74) is 0.920. The third-order valence-corrected chi connectivity index (χ3v) is 8.27. The second-order valence-electron chi connectivity index (χ2n) is 8.23. The number of likely N-dealkylation sites (tertiary alicyclic amines) is 1. The molecule has 192 valence electrons. The van der Waals surface area contributed by atoms with E-state index in [2.05, 4.69) is 8.77 Å². The molecule has 2 heterocycles. The zero-order valence-corrected chi connectivity index (χ0v) is 21.2. The van der Waals surface area contributed by atoms with E-state index in [4.69, 9.17) is 16.3 Å². The number of benzene rings is 2. The van der Waals surface area contributed by atoms with Gasteiger partial charge in [-0.1, -0.05) is 23.7 Å². The van der Waals surface area contributed by atoms with Gasteiger partial charge in [-0.25, -0.2) is 13.6 Å². The van der Waals surface area contributed by atoms with Crippen molar-refractivity contribution < 1.29 is 31.8 Å². The van der Waals surface area contributed by atoms with Crippen LogP contribution in [0.4, 0.5) is 13.6 Å². The number of aryl methyl sites for hydroxylation is 1. The summed E-state index contributed by atoms with van der Waals surface area (Å²) in [7, 11) is -3.04. The molecule has 1 aliphatic heterocycles. The molecule has 0 aliphatic carbocycles. The molecule has 1 aromatic heterocycles. The zero-order chi connectivity index (χ0) is 26.0. The van der Waals surface area contributed by atoms with Gasteiger partial charge in [0.1, 0.15) is 17.0 Å². The largest absolute Gasteiger partial charge is 0.490 e. The fourth-order valence-corrected chi connectivity index (χ4v) is 6.03. The van der Waals surface area contributed by atoms with Gasteiger partial charge < -0.3 is 19.3 Å². The molecule has 0 bridgehead atoms. The van der Waals surface area contributed by atoms with Gasteiger partial charge in [-0.3, -0.25) is 0 Å². The van der Waals surface area contributed by atoms with Crippen LogP contribution in [0.1, 0.15) is 17.9 Å². The third kappa shape index (κ3) is 5.68. The molecule has 36 heavy (non-hydrogen) atoms. The highest BCUT2D eigenvalue weighted by molar-refractivity contribution is 7.90. The molecule has 2 unspecified atom stereocenters. The van der Waals surface area contributed by atoms with Gasteiger partial charge in [0.05, 0.1) is 6.61 Å². The molecular formula is C22H21ClF2N4O5S2. The van der Waals surface area contributed by atoms with Crippen LogP contribution in [0, 0.1) is 17.6 Å². The Labute approximate surface area is 214 Å². The van der Waals surface area contributed by atoms with Crippen LogP contribution in [-0.2, 0) is 17.1 Å². The number of ether oxygens (including phenoxy) is 1. The second-order valence-corrected chi connectivity index (χ2v) is 11.0. The van der Waals surface area contributed by atoms with Crippen molar-refractivity contribution in [1.29, 1.82) is 0 Å². The topological polar surface area (TPSA) is 114 Å². The van der Waals surface area contributed by atoms with Gasteiger partial charge in [0.2, 0.25) is 4.80 Å². The predicted octanol–water partition coefficient (Wildman–Crippen LogP) is 3.87. The van der Waals surface area contributed by atoms with Crippen molar-refractivity contribution in [2.45, 2.75) is 17.2 Å². The van der Waals surface area contributed by atoms with Crippen LogP contribution in [-0.4, -0.2) is 53.2 Å². The monoisotopic (exact) mass is 558 g/mol. The van der Waals surface area contributed by atoms with E-state index < -0.39 is 38.4 Å². The van der Waals surface area contributed by atoms with Crippen molar-refractivity contribution in [2.75, 3.05) is 19.7 Å². The molecule has 1 amide bonds. The average Bonchev–Trinajstić information content (AvgIpc) is 3.23. The number of amides is 1. The van der Waals surface area contributed by atoms with Gasteiger partial charge in [-0.05, 0) is 30.0 Å². The maximum Gasteiger partial charge on any atom is 0.407 e. The third-order valence-electron chi connectivity index (χ3n) is 5.87. The first-order valence-electron chi connectivity index (χ1n) is 10.7. The van der Waals surface area contributed by atoms with Gasteiger partial charge in [0, 0.05) is 54.7 Å². The average molecular weight is 559 g/mol. The Kier molecular flexibility index (Phi) is 7.62. The van der Waals surface area contributed by atoms with E-state index in [0.717, 1.165) is 17.1 Å². The van der Waals surface area contributed by atoms with Gasteiger partial charge in [-0.2, -0.15) is 12.8 Å². The fraction of sp³-hybridized carbons (Fsp3) is 0.318. The highest BCUT2D eigenvalue weighted by Crippen LogP contribution is 2.35. The summed E-state index contributed by atoms with van der Waals surface area (Å²) in [5, 5.41) is 9.97. The summed E-state index contributed by atoms with van der Waals surface area (Å²) in [6.45, 7) is 0.320. The molecule has 0 radical (unpaired) electrons. The minimum Gasteiger partial charge on any atom is -0.490 e. The smallest absolute Gasteiger partial charge is 0.407 e. The lowest BCUT2D eigenvalue weighted by Gasteiger charge is -2.37. The lowest BCUT2D eigenvalue weighted by Crippen LogP contribution is -2.44. The number of piperidine rings is 1. The van der Waals surface area contributed by atoms with Crippen LogP contribution in [0.15, 0.2) is 52.0 Å². The van der Waals surface area contributed by atoms with E-state index in [9.17, 15) is 27.1 Å². The van der Waals surface area contributed by atoms with Crippen LogP contribution >= 0.6 is 23.1 Å². The van der Waals surface area contributed by atoms with Gasteiger partial charge in [0.25, 0.3) is 10.0 Å². The minimum atomic E-state index is -4.55. The predicted molar refractivity (Wildman–Crippen MR) is 128 cm³/mol. The molecule has 0 spiro atoms. The molecule has 4 rings (SSSR count). The number of hydrogen-bond donors (Lipinski definition) is 1. The molecule has 0 saturated carbocycles. The Balaban J connectivity index is 1.57. The number of carbonyl (C=O) groups is 1. The molecule has 1 N–H and O–H groups in total. The summed E-state index contributed by atoms with van der Waals surface area (Å²) in [6, 6.07) is 8.30. The minimum absolute atomic E-state index is 0.0105. The Morgan fingerprint density at radius 3 is 2.64 bits per heavy atom. The van der Waals surface area contributed by atoms with Gasteiger partial charge in [-0.15, -0.1) is 4.40 Å². The maximum absolute atomic E-state index is 14.8.